The molecule has 0 fully saturated rings. The van der Waals surface area contributed by atoms with Gasteiger partial charge in [-0.05, 0) is 31.5 Å². The summed E-state index contributed by atoms with van der Waals surface area (Å²) in [6, 6.07) is 6.35. The zero-order chi connectivity index (χ0) is 12.4. The molecular formula is C13H13FN2O. The van der Waals surface area contributed by atoms with E-state index in [2.05, 4.69) is 4.98 Å². The minimum absolute atomic E-state index is 0.126. The second kappa shape index (κ2) is 4.41. The van der Waals surface area contributed by atoms with Crippen molar-refractivity contribution in [2.75, 3.05) is 5.73 Å². The van der Waals surface area contributed by atoms with E-state index in [9.17, 15) is 4.39 Å². The molecule has 0 amide bonds. The highest BCUT2D eigenvalue weighted by Gasteiger charge is 2.07. The summed E-state index contributed by atoms with van der Waals surface area (Å²) in [5.41, 5.74) is 7.23. The van der Waals surface area contributed by atoms with Gasteiger partial charge in [0.2, 0.25) is 0 Å². The van der Waals surface area contributed by atoms with E-state index in [1.807, 2.05) is 13.8 Å². The zero-order valence-corrected chi connectivity index (χ0v) is 9.70. The van der Waals surface area contributed by atoms with E-state index in [0.29, 0.717) is 11.5 Å². The molecule has 3 nitrogen and oxygen atoms in total. The summed E-state index contributed by atoms with van der Waals surface area (Å²) in [5.74, 6) is 0.614. The third-order valence-corrected chi connectivity index (χ3v) is 2.39. The van der Waals surface area contributed by atoms with Crippen molar-refractivity contribution < 1.29 is 9.13 Å². The first-order chi connectivity index (χ1) is 8.06. The number of aromatic nitrogens is 1. The number of hydrogen-bond acceptors (Lipinski definition) is 3. The lowest BCUT2D eigenvalue weighted by Gasteiger charge is -2.10. The summed E-state index contributed by atoms with van der Waals surface area (Å²) in [4.78, 5) is 4.06. The van der Waals surface area contributed by atoms with E-state index in [-0.39, 0.29) is 5.69 Å². The molecule has 0 spiro atoms. The van der Waals surface area contributed by atoms with Gasteiger partial charge < -0.3 is 10.5 Å². The molecule has 2 N–H and O–H groups in total. The summed E-state index contributed by atoms with van der Waals surface area (Å²) in [7, 11) is 0. The van der Waals surface area contributed by atoms with Crippen LogP contribution in [0.1, 0.15) is 11.3 Å². The fraction of sp³-hybridized carbons (Fsp3) is 0.154. The van der Waals surface area contributed by atoms with Crippen LogP contribution < -0.4 is 10.5 Å². The van der Waals surface area contributed by atoms with Crippen molar-refractivity contribution in [1.82, 2.24) is 4.98 Å². The van der Waals surface area contributed by atoms with E-state index in [4.69, 9.17) is 10.5 Å². The van der Waals surface area contributed by atoms with Gasteiger partial charge >= 0.3 is 0 Å². The van der Waals surface area contributed by atoms with Crippen molar-refractivity contribution in [3.63, 3.8) is 0 Å². The minimum atomic E-state index is -0.476. The SMILES string of the molecule is Cc1cc(Oc2cc(F)c(N)cc2C)ccn1. The van der Waals surface area contributed by atoms with E-state index in [1.165, 1.54) is 6.07 Å². The van der Waals surface area contributed by atoms with Gasteiger partial charge in [-0.2, -0.15) is 0 Å². The molecule has 0 aliphatic carbocycles. The topological polar surface area (TPSA) is 48.1 Å². The Bertz CT molecular complexity index is 555. The summed E-state index contributed by atoms with van der Waals surface area (Å²) < 4.78 is 18.9. The van der Waals surface area contributed by atoms with Crippen molar-refractivity contribution in [3.05, 3.63) is 47.5 Å². The first kappa shape index (κ1) is 11.4. The van der Waals surface area contributed by atoms with Gasteiger partial charge in [-0.15, -0.1) is 0 Å². The molecule has 0 radical (unpaired) electrons. The molecule has 0 atom stereocenters. The maximum Gasteiger partial charge on any atom is 0.149 e. The van der Waals surface area contributed by atoms with Gasteiger partial charge in [0, 0.05) is 24.0 Å². The number of anilines is 1. The standard InChI is InChI=1S/C13H13FN2O/c1-8-5-12(15)11(14)7-13(8)17-10-3-4-16-9(2)6-10/h3-7H,15H2,1-2H3. The lowest BCUT2D eigenvalue weighted by molar-refractivity contribution is 0.472. The van der Waals surface area contributed by atoms with Gasteiger partial charge in [-0.25, -0.2) is 4.39 Å². The Balaban J connectivity index is 2.33. The molecule has 1 aromatic carbocycles. The Morgan fingerprint density at radius 1 is 1.24 bits per heavy atom. The van der Waals surface area contributed by atoms with Crippen LogP contribution in [0.2, 0.25) is 0 Å². The van der Waals surface area contributed by atoms with Crippen LogP contribution in [0.5, 0.6) is 11.5 Å². The number of nitrogens with two attached hydrogens (primary N) is 1. The number of benzene rings is 1. The van der Waals surface area contributed by atoms with Gasteiger partial charge in [0.25, 0.3) is 0 Å². The maximum atomic E-state index is 13.3. The molecule has 17 heavy (non-hydrogen) atoms. The summed E-state index contributed by atoms with van der Waals surface area (Å²) in [5, 5.41) is 0. The Morgan fingerprint density at radius 2 is 2.00 bits per heavy atom. The van der Waals surface area contributed by atoms with E-state index < -0.39 is 5.82 Å². The average Bonchev–Trinajstić information content (AvgIpc) is 2.26. The highest BCUT2D eigenvalue weighted by atomic mass is 19.1. The molecule has 0 bridgehead atoms. The fourth-order valence-corrected chi connectivity index (χ4v) is 1.51. The highest BCUT2D eigenvalue weighted by molar-refractivity contribution is 5.49. The predicted octanol–water partition coefficient (Wildman–Crippen LogP) is 3.21. The second-order valence-electron chi connectivity index (χ2n) is 3.87. The smallest absolute Gasteiger partial charge is 0.149 e. The average molecular weight is 232 g/mol. The summed E-state index contributed by atoms with van der Waals surface area (Å²) in [6.07, 6.45) is 1.65. The molecule has 1 heterocycles. The largest absolute Gasteiger partial charge is 0.457 e. The molecular weight excluding hydrogens is 219 g/mol. The minimum Gasteiger partial charge on any atom is -0.457 e. The molecule has 88 valence electrons. The number of pyridine rings is 1. The maximum absolute atomic E-state index is 13.3. The van der Waals surface area contributed by atoms with Crippen LogP contribution in [-0.2, 0) is 0 Å². The van der Waals surface area contributed by atoms with Gasteiger partial charge in [0.1, 0.15) is 17.3 Å². The molecule has 0 saturated carbocycles. The van der Waals surface area contributed by atoms with Crippen molar-refractivity contribution in [3.8, 4) is 11.5 Å². The van der Waals surface area contributed by atoms with Crippen LogP contribution in [0.4, 0.5) is 10.1 Å². The third kappa shape index (κ3) is 2.53. The number of aryl methyl sites for hydroxylation is 2. The fourth-order valence-electron chi connectivity index (χ4n) is 1.51. The molecule has 4 heteroatoms. The van der Waals surface area contributed by atoms with Crippen LogP contribution in [0.25, 0.3) is 0 Å². The first-order valence-electron chi connectivity index (χ1n) is 5.22. The molecule has 0 saturated heterocycles. The van der Waals surface area contributed by atoms with Gasteiger partial charge in [-0.3, -0.25) is 4.98 Å². The van der Waals surface area contributed by atoms with E-state index in [0.717, 1.165) is 11.3 Å². The number of hydrogen-bond donors (Lipinski definition) is 1. The Labute approximate surface area is 99.1 Å². The number of ether oxygens (including phenoxy) is 1. The van der Waals surface area contributed by atoms with Crippen molar-refractivity contribution >= 4 is 5.69 Å². The molecule has 0 aliphatic heterocycles. The zero-order valence-electron chi connectivity index (χ0n) is 9.70. The number of rotatable bonds is 2. The van der Waals surface area contributed by atoms with E-state index >= 15 is 0 Å². The number of nitrogen functional groups attached to an aromatic ring is 1. The molecule has 0 unspecified atom stereocenters. The molecule has 1 aromatic heterocycles. The molecule has 2 aromatic rings. The third-order valence-electron chi connectivity index (χ3n) is 2.39. The lowest BCUT2D eigenvalue weighted by atomic mass is 10.2. The van der Waals surface area contributed by atoms with Crippen molar-refractivity contribution in [1.29, 1.82) is 0 Å². The number of nitrogens with zero attached hydrogens (tertiary/aromatic N) is 1. The van der Waals surface area contributed by atoms with Gasteiger partial charge in [0.05, 0.1) is 5.69 Å². The van der Waals surface area contributed by atoms with E-state index in [1.54, 1.807) is 24.4 Å². The van der Waals surface area contributed by atoms with Crippen LogP contribution in [0.3, 0.4) is 0 Å². The summed E-state index contributed by atoms with van der Waals surface area (Å²) >= 11 is 0. The predicted molar refractivity (Wildman–Crippen MR) is 64.6 cm³/mol. The normalized spacial score (nSPS) is 10.3. The lowest BCUT2D eigenvalue weighted by Crippen LogP contribution is -1.95. The second-order valence-corrected chi connectivity index (χ2v) is 3.87. The first-order valence-corrected chi connectivity index (χ1v) is 5.22. The van der Waals surface area contributed by atoms with Gasteiger partial charge in [-0.1, -0.05) is 0 Å². The van der Waals surface area contributed by atoms with Crippen LogP contribution in [-0.4, -0.2) is 4.98 Å². The van der Waals surface area contributed by atoms with Crippen LogP contribution in [0.15, 0.2) is 30.5 Å². The van der Waals surface area contributed by atoms with Gasteiger partial charge in [0.15, 0.2) is 0 Å². The molecule has 2 rings (SSSR count). The number of halogens is 1. The molecule has 0 aliphatic rings. The Kier molecular flexibility index (Phi) is 2.95. The van der Waals surface area contributed by atoms with Crippen molar-refractivity contribution in [2.45, 2.75) is 13.8 Å². The quantitative estimate of drug-likeness (QED) is 0.809. The summed E-state index contributed by atoms with van der Waals surface area (Å²) in [6.45, 7) is 3.68. The Morgan fingerprint density at radius 3 is 2.71 bits per heavy atom. The highest BCUT2D eigenvalue weighted by Crippen LogP contribution is 2.28. The Hall–Kier alpha value is -2.10. The monoisotopic (exact) mass is 232 g/mol. The van der Waals surface area contributed by atoms with Crippen LogP contribution >= 0.6 is 0 Å². The van der Waals surface area contributed by atoms with Crippen molar-refractivity contribution in [2.24, 2.45) is 0 Å². The van der Waals surface area contributed by atoms with Crippen LogP contribution in [0, 0.1) is 19.7 Å².